The molecule has 1 aliphatic rings. The topological polar surface area (TPSA) is 49.8 Å². The van der Waals surface area contributed by atoms with E-state index >= 15 is 0 Å². The van der Waals surface area contributed by atoms with Crippen molar-refractivity contribution in [2.75, 3.05) is 32.8 Å². The molecular weight excluding hydrogens is 182 g/mol. The monoisotopic (exact) mass is 201 g/mol. The van der Waals surface area contributed by atoms with E-state index in [0.717, 1.165) is 26.3 Å². The third-order valence-corrected chi connectivity index (χ3v) is 1.92. The van der Waals surface area contributed by atoms with Crippen LogP contribution in [0.25, 0.3) is 0 Å². The van der Waals surface area contributed by atoms with E-state index in [2.05, 4.69) is 18.4 Å². The van der Waals surface area contributed by atoms with E-state index in [4.69, 9.17) is 9.84 Å². The van der Waals surface area contributed by atoms with E-state index in [0.29, 0.717) is 0 Å². The Labute approximate surface area is 85.2 Å². The van der Waals surface area contributed by atoms with Crippen LogP contribution in [-0.4, -0.2) is 48.8 Å². The second-order valence-corrected chi connectivity index (χ2v) is 3.13. The maximum atomic E-state index is 9.60. The van der Waals surface area contributed by atoms with Crippen LogP contribution in [0.3, 0.4) is 0 Å². The second kappa shape index (κ2) is 7.53. The number of carboxylic acids is 1. The lowest BCUT2D eigenvalue weighted by Gasteiger charge is -2.24. The molecule has 0 saturated carbocycles. The number of likely N-dealkylation sites (N-methyl/N-ethyl adjacent to an activating group) is 1. The summed E-state index contributed by atoms with van der Waals surface area (Å²) in [5.74, 6) is -0.935. The molecule has 4 nitrogen and oxygen atoms in total. The summed E-state index contributed by atoms with van der Waals surface area (Å²) in [5, 5.41) is 7.89. The maximum Gasteiger partial charge on any atom is 0.330 e. The molecule has 1 rings (SSSR count). The van der Waals surface area contributed by atoms with Crippen molar-refractivity contribution in [3.63, 3.8) is 0 Å². The molecule has 14 heavy (non-hydrogen) atoms. The molecule has 1 heterocycles. The van der Waals surface area contributed by atoms with Crippen molar-refractivity contribution < 1.29 is 14.6 Å². The van der Waals surface area contributed by atoms with Crippen LogP contribution in [0.5, 0.6) is 0 Å². The number of hydrogen-bond donors (Lipinski definition) is 1. The minimum absolute atomic E-state index is 0.176. The zero-order chi connectivity index (χ0) is 11.0. The number of carboxylic acid groups (broad SMARTS) is 1. The maximum absolute atomic E-state index is 9.60. The van der Waals surface area contributed by atoms with Gasteiger partial charge in [-0.1, -0.05) is 13.5 Å². The number of rotatable bonds is 2. The van der Waals surface area contributed by atoms with Crippen LogP contribution in [0, 0.1) is 0 Å². The Morgan fingerprint density at radius 2 is 1.93 bits per heavy atom. The van der Waals surface area contributed by atoms with Gasteiger partial charge in [-0.25, -0.2) is 4.79 Å². The van der Waals surface area contributed by atoms with E-state index in [1.165, 1.54) is 13.5 Å². The summed E-state index contributed by atoms with van der Waals surface area (Å²) in [6, 6.07) is 0. The first-order chi connectivity index (χ1) is 6.57. The lowest BCUT2D eigenvalue weighted by molar-refractivity contribution is -0.132. The Balaban J connectivity index is 0.000000255. The fourth-order valence-corrected chi connectivity index (χ4v) is 0.917. The van der Waals surface area contributed by atoms with Gasteiger partial charge in [0.1, 0.15) is 0 Å². The van der Waals surface area contributed by atoms with Crippen LogP contribution in [0.15, 0.2) is 12.2 Å². The summed E-state index contributed by atoms with van der Waals surface area (Å²) < 4.78 is 5.16. The molecule has 1 saturated heterocycles. The van der Waals surface area contributed by atoms with E-state index < -0.39 is 5.97 Å². The summed E-state index contributed by atoms with van der Waals surface area (Å²) in [7, 11) is 0. The van der Waals surface area contributed by atoms with Gasteiger partial charge in [0, 0.05) is 18.7 Å². The van der Waals surface area contributed by atoms with Crippen LogP contribution < -0.4 is 0 Å². The Kier molecular flexibility index (Phi) is 7.06. The normalized spacial score (nSPS) is 16.7. The predicted octanol–water partition coefficient (Wildman–Crippen LogP) is 0.986. The molecule has 0 aromatic carbocycles. The molecule has 1 fully saturated rings. The first kappa shape index (κ1) is 13.1. The highest BCUT2D eigenvalue weighted by Gasteiger charge is 2.05. The van der Waals surface area contributed by atoms with E-state index in [1.807, 2.05) is 0 Å². The van der Waals surface area contributed by atoms with Crippen molar-refractivity contribution in [2.45, 2.75) is 13.8 Å². The van der Waals surface area contributed by atoms with Gasteiger partial charge < -0.3 is 9.84 Å². The first-order valence-electron chi connectivity index (χ1n) is 4.76. The second-order valence-electron chi connectivity index (χ2n) is 3.13. The molecular formula is C10H19NO3. The summed E-state index contributed by atoms with van der Waals surface area (Å²) in [6.07, 6.45) is 0. The van der Waals surface area contributed by atoms with Crippen molar-refractivity contribution in [3.8, 4) is 0 Å². The van der Waals surface area contributed by atoms with Crippen molar-refractivity contribution in [3.05, 3.63) is 12.2 Å². The van der Waals surface area contributed by atoms with Crippen molar-refractivity contribution in [2.24, 2.45) is 0 Å². The highest BCUT2D eigenvalue weighted by atomic mass is 16.5. The standard InChI is InChI=1S/C6H13NO.C4H6O2/c1-2-7-3-5-8-6-4-7;1-3(2)4(5)6/h2-6H2,1H3;1H2,2H3,(H,5,6). The quantitative estimate of drug-likeness (QED) is 0.677. The van der Waals surface area contributed by atoms with Crippen LogP contribution in [0.2, 0.25) is 0 Å². The van der Waals surface area contributed by atoms with Crippen molar-refractivity contribution in [1.82, 2.24) is 4.90 Å². The Morgan fingerprint density at radius 1 is 1.50 bits per heavy atom. The van der Waals surface area contributed by atoms with Gasteiger partial charge in [0.15, 0.2) is 0 Å². The van der Waals surface area contributed by atoms with Gasteiger partial charge in [0.2, 0.25) is 0 Å². The fraction of sp³-hybridized carbons (Fsp3) is 0.700. The van der Waals surface area contributed by atoms with Gasteiger partial charge in [-0.05, 0) is 13.5 Å². The summed E-state index contributed by atoms with van der Waals surface area (Å²) in [5.41, 5.74) is 0.176. The van der Waals surface area contributed by atoms with E-state index in [9.17, 15) is 4.79 Å². The zero-order valence-corrected chi connectivity index (χ0v) is 8.95. The number of ether oxygens (including phenoxy) is 1. The average molecular weight is 201 g/mol. The largest absolute Gasteiger partial charge is 0.478 e. The van der Waals surface area contributed by atoms with E-state index in [-0.39, 0.29) is 5.57 Å². The first-order valence-corrected chi connectivity index (χ1v) is 4.76. The number of aliphatic carboxylic acids is 1. The van der Waals surface area contributed by atoms with Crippen molar-refractivity contribution in [1.29, 1.82) is 0 Å². The molecule has 0 unspecified atom stereocenters. The molecule has 1 aliphatic heterocycles. The molecule has 0 aromatic heterocycles. The SMILES string of the molecule is C=C(C)C(=O)O.CCN1CCOCC1. The van der Waals surface area contributed by atoms with Crippen LogP contribution in [-0.2, 0) is 9.53 Å². The third kappa shape index (κ3) is 6.62. The molecule has 0 atom stereocenters. The van der Waals surface area contributed by atoms with Crippen LogP contribution >= 0.6 is 0 Å². The Morgan fingerprint density at radius 3 is 2.14 bits per heavy atom. The van der Waals surface area contributed by atoms with Crippen molar-refractivity contribution >= 4 is 5.97 Å². The Bertz CT molecular complexity index is 174. The fourth-order valence-electron chi connectivity index (χ4n) is 0.917. The number of nitrogens with zero attached hydrogens (tertiary/aromatic N) is 1. The summed E-state index contributed by atoms with van der Waals surface area (Å²) >= 11 is 0. The number of carbonyl (C=O) groups is 1. The van der Waals surface area contributed by atoms with Gasteiger partial charge in [-0.15, -0.1) is 0 Å². The van der Waals surface area contributed by atoms with Gasteiger partial charge in [0.25, 0.3) is 0 Å². The Hall–Kier alpha value is -0.870. The lowest BCUT2D eigenvalue weighted by atomic mass is 10.4. The lowest BCUT2D eigenvalue weighted by Crippen LogP contribution is -2.35. The number of morpholine rings is 1. The third-order valence-electron chi connectivity index (χ3n) is 1.92. The summed E-state index contributed by atoms with van der Waals surface area (Å²) in [4.78, 5) is 12.0. The molecule has 0 radical (unpaired) electrons. The molecule has 0 bridgehead atoms. The summed E-state index contributed by atoms with van der Waals surface area (Å²) in [6.45, 7) is 12.0. The zero-order valence-electron chi connectivity index (χ0n) is 8.95. The minimum Gasteiger partial charge on any atom is -0.478 e. The van der Waals surface area contributed by atoms with Crippen LogP contribution in [0.4, 0.5) is 0 Å². The predicted molar refractivity (Wildman–Crippen MR) is 55.4 cm³/mol. The van der Waals surface area contributed by atoms with Gasteiger partial charge >= 0.3 is 5.97 Å². The average Bonchev–Trinajstić information content (AvgIpc) is 2.20. The molecule has 4 heteroatoms. The van der Waals surface area contributed by atoms with E-state index in [1.54, 1.807) is 0 Å². The van der Waals surface area contributed by atoms with Crippen LogP contribution in [0.1, 0.15) is 13.8 Å². The molecule has 0 spiro atoms. The number of hydrogen-bond acceptors (Lipinski definition) is 3. The van der Waals surface area contributed by atoms with Gasteiger partial charge in [0.05, 0.1) is 13.2 Å². The van der Waals surface area contributed by atoms with Gasteiger partial charge in [-0.2, -0.15) is 0 Å². The van der Waals surface area contributed by atoms with Gasteiger partial charge in [-0.3, -0.25) is 4.90 Å². The highest BCUT2D eigenvalue weighted by Crippen LogP contribution is 1.93. The highest BCUT2D eigenvalue weighted by molar-refractivity contribution is 5.84. The molecule has 82 valence electrons. The smallest absolute Gasteiger partial charge is 0.330 e. The molecule has 0 aliphatic carbocycles. The molecule has 1 N–H and O–H groups in total. The molecule has 0 amide bonds. The molecule has 0 aromatic rings. The minimum atomic E-state index is -0.935.